The summed E-state index contributed by atoms with van der Waals surface area (Å²) in [4.78, 5) is 16.9. The minimum Gasteiger partial charge on any atom is -0.354 e. The van der Waals surface area contributed by atoms with Gasteiger partial charge in [0.2, 0.25) is 5.91 Å². The molecule has 4 nitrogen and oxygen atoms in total. The first kappa shape index (κ1) is 20.7. The van der Waals surface area contributed by atoms with Crippen LogP contribution in [0.4, 0.5) is 4.39 Å². The molecule has 1 aromatic rings. The molecule has 0 bridgehead atoms. The average Bonchev–Trinajstić information content (AvgIpc) is 2.61. The molecule has 25 heavy (non-hydrogen) atoms. The molecule has 0 radical (unpaired) electrons. The van der Waals surface area contributed by atoms with E-state index in [0.717, 1.165) is 37.2 Å². The Morgan fingerprint density at radius 3 is 2.72 bits per heavy atom. The summed E-state index contributed by atoms with van der Waals surface area (Å²) in [6.45, 7) is 10.4. The highest BCUT2D eigenvalue weighted by atomic mass is 79.9. The molecule has 1 unspecified atom stereocenters. The van der Waals surface area contributed by atoms with Crippen LogP contribution in [0.2, 0.25) is 0 Å². The highest BCUT2D eigenvalue weighted by molar-refractivity contribution is 9.10. The number of hydrogen-bond donors (Lipinski definition) is 1. The predicted molar refractivity (Wildman–Crippen MR) is 106 cm³/mol. The van der Waals surface area contributed by atoms with Gasteiger partial charge in [0, 0.05) is 49.0 Å². The molecular formula is C18H27BrFN3OS. The molecule has 0 saturated carbocycles. The summed E-state index contributed by atoms with van der Waals surface area (Å²) in [5, 5.41) is 3.00. The van der Waals surface area contributed by atoms with Crippen molar-refractivity contribution in [2.45, 2.75) is 25.6 Å². The Labute approximate surface area is 162 Å². The standard InChI is InChI=1S/C18H27BrFN3OS/c1-3-22-6-8-23(9-7-22)14(2)11-21-18(24)13-25-12-15-4-5-16(19)10-17(15)20/h4-5,10,14H,3,6-9,11-13H2,1-2H3,(H,21,24). The van der Waals surface area contributed by atoms with E-state index in [-0.39, 0.29) is 11.7 Å². The fraction of sp³-hybridized carbons (Fsp3) is 0.611. The lowest BCUT2D eigenvalue weighted by Crippen LogP contribution is -2.52. The summed E-state index contributed by atoms with van der Waals surface area (Å²) < 4.78 is 14.5. The number of halogens is 2. The summed E-state index contributed by atoms with van der Waals surface area (Å²) in [6, 6.07) is 5.37. The lowest BCUT2D eigenvalue weighted by molar-refractivity contribution is -0.118. The fourth-order valence-corrected chi connectivity index (χ4v) is 4.03. The van der Waals surface area contributed by atoms with Crippen LogP contribution in [0.1, 0.15) is 19.4 Å². The highest BCUT2D eigenvalue weighted by Gasteiger charge is 2.20. The second kappa shape index (κ2) is 10.5. The van der Waals surface area contributed by atoms with Gasteiger partial charge >= 0.3 is 0 Å². The number of carbonyl (C=O) groups is 1. The molecule has 1 fully saturated rings. The monoisotopic (exact) mass is 431 g/mol. The average molecular weight is 432 g/mol. The normalized spacial score (nSPS) is 17.4. The highest BCUT2D eigenvalue weighted by Crippen LogP contribution is 2.19. The zero-order valence-corrected chi connectivity index (χ0v) is 17.3. The van der Waals surface area contributed by atoms with Crippen molar-refractivity contribution in [2.24, 2.45) is 0 Å². The fourth-order valence-electron chi connectivity index (χ4n) is 2.85. The third-order valence-corrected chi connectivity index (χ3v) is 6.05. The Kier molecular flexibility index (Phi) is 8.69. The van der Waals surface area contributed by atoms with Crippen LogP contribution >= 0.6 is 27.7 Å². The second-order valence-electron chi connectivity index (χ2n) is 6.35. The van der Waals surface area contributed by atoms with Crippen molar-refractivity contribution in [1.82, 2.24) is 15.1 Å². The summed E-state index contributed by atoms with van der Waals surface area (Å²) >= 11 is 4.68. The van der Waals surface area contributed by atoms with E-state index < -0.39 is 0 Å². The van der Waals surface area contributed by atoms with E-state index in [1.807, 2.05) is 6.07 Å². The van der Waals surface area contributed by atoms with Crippen LogP contribution in [0.25, 0.3) is 0 Å². The summed E-state index contributed by atoms with van der Waals surface area (Å²) in [7, 11) is 0. The van der Waals surface area contributed by atoms with Gasteiger partial charge in [-0.05, 0) is 31.2 Å². The maximum Gasteiger partial charge on any atom is 0.230 e. The van der Waals surface area contributed by atoms with Gasteiger partial charge in [0.15, 0.2) is 0 Å². The molecule has 7 heteroatoms. The quantitative estimate of drug-likeness (QED) is 0.685. The van der Waals surface area contributed by atoms with E-state index in [0.29, 0.717) is 29.7 Å². The molecular weight excluding hydrogens is 405 g/mol. The molecule has 1 aromatic carbocycles. The SMILES string of the molecule is CCN1CCN(C(C)CNC(=O)CSCc2ccc(Br)cc2F)CC1. The van der Waals surface area contributed by atoms with Crippen molar-refractivity contribution in [2.75, 3.05) is 45.0 Å². The molecule has 0 aliphatic carbocycles. The lowest BCUT2D eigenvalue weighted by Gasteiger charge is -2.37. The van der Waals surface area contributed by atoms with Crippen LogP contribution in [-0.2, 0) is 10.5 Å². The maximum atomic E-state index is 13.7. The number of thioether (sulfide) groups is 1. The van der Waals surface area contributed by atoms with Gasteiger partial charge < -0.3 is 10.2 Å². The Morgan fingerprint density at radius 1 is 1.36 bits per heavy atom. The molecule has 1 atom stereocenters. The van der Waals surface area contributed by atoms with Crippen molar-refractivity contribution < 1.29 is 9.18 Å². The van der Waals surface area contributed by atoms with Gasteiger partial charge in [0.1, 0.15) is 5.82 Å². The summed E-state index contributed by atoms with van der Waals surface area (Å²) in [5.74, 6) is 0.635. The van der Waals surface area contributed by atoms with E-state index in [1.165, 1.54) is 17.8 Å². The van der Waals surface area contributed by atoms with Crippen molar-refractivity contribution >= 4 is 33.6 Å². The van der Waals surface area contributed by atoms with Crippen molar-refractivity contribution in [3.05, 3.63) is 34.1 Å². The van der Waals surface area contributed by atoms with Gasteiger partial charge in [0.25, 0.3) is 0 Å². The third kappa shape index (κ3) is 6.89. The summed E-state index contributed by atoms with van der Waals surface area (Å²) in [5.41, 5.74) is 0.628. The molecule has 1 heterocycles. The molecule has 1 saturated heterocycles. The predicted octanol–water partition coefficient (Wildman–Crippen LogP) is 2.96. The number of nitrogens with zero attached hydrogens (tertiary/aromatic N) is 2. The number of hydrogen-bond acceptors (Lipinski definition) is 4. The molecule has 0 spiro atoms. The van der Waals surface area contributed by atoms with Crippen LogP contribution in [0, 0.1) is 5.82 Å². The Bertz CT molecular complexity index is 567. The third-order valence-electron chi connectivity index (χ3n) is 4.58. The number of likely N-dealkylation sites (N-methyl/N-ethyl adjacent to an activating group) is 1. The van der Waals surface area contributed by atoms with Gasteiger partial charge in [0.05, 0.1) is 5.75 Å². The first-order valence-corrected chi connectivity index (χ1v) is 10.7. The molecule has 1 amide bonds. The summed E-state index contributed by atoms with van der Waals surface area (Å²) in [6.07, 6.45) is 0. The zero-order valence-electron chi connectivity index (χ0n) is 14.9. The van der Waals surface area contributed by atoms with E-state index in [4.69, 9.17) is 0 Å². The number of carbonyl (C=O) groups excluding carboxylic acids is 1. The molecule has 0 aromatic heterocycles. The van der Waals surface area contributed by atoms with Gasteiger partial charge in [-0.1, -0.05) is 28.9 Å². The Hall–Kier alpha value is -0.630. The van der Waals surface area contributed by atoms with E-state index in [2.05, 4.69) is 44.9 Å². The number of rotatable bonds is 8. The van der Waals surface area contributed by atoms with Crippen molar-refractivity contribution in [1.29, 1.82) is 0 Å². The van der Waals surface area contributed by atoms with Crippen LogP contribution in [0.15, 0.2) is 22.7 Å². The van der Waals surface area contributed by atoms with Crippen LogP contribution in [0.5, 0.6) is 0 Å². The van der Waals surface area contributed by atoms with Crippen LogP contribution in [0.3, 0.4) is 0 Å². The number of benzene rings is 1. The second-order valence-corrected chi connectivity index (χ2v) is 8.25. The Balaban J connectivity index is 1.63. The molecule has 1 aliphatic rings. The largest absolute Gasteiger partial charge is 0.354 e. The number of piperazine rings is 1. The Morgan fingerprint density at radius 2 is 2.08 bits per heavy atom. The van der Waals surface area contributed by atoms with E-state index in [1.54, 1.807) is 6.07 Å². The molecule has 2 rings (SSSR count). The molecule has 1 N–H and O–H groups in total. The smallest absolute Gasteiger partial charge is 0.230 e. The van der Waals surface area contributed by atoms with E-state index >= 15 is 0 Å². The van der Waals surface area contributed by atoms with Crippen molar-refractivity contribution in [3.8, 4) is 0 Å². The molecule has 140 valence electrons. The van der Waals surface area contributed by atoms with Gasteiger partial charge in [-0.25, -0.2) is 4.39 Å². The van der Waals surface area contributed by atoms with Crippen molar-refractivity contribution in [3.63, 3.8) is 0 Å². The van der Waals surface area contributed by atoms with Gasteiger partial charge in [-0.15, -0.1) is 11.8 Å². The molecule has 1 aliphatic heterocycles. The maximum absolute atomic E-state index is 13.7. The minimum atomic E-state index is -0.234. The van der Waals surface area contributed by atoms with E-state index in [9.17, 15) is 9.18 Å². The lowest BCUT2D eigenvalue weighted by atomic mass is 10.2. The first-order valence-electron chi connectivity index (χ1n) is 8.74. The van der Waals surface area contributed by atoms with Gasteiger partial charge in [-0.3, -0.25) is 9.69 Å². The first-order chi connectivity index (χ1) is 12.0. The van der Waals surface area contributed by atoms with Crippen LogP contribution in [-0.4, -0.2) is 66.8 Å². The minimum absolute atomic E-state index is 0.0153. The topological polar surface area (TPSA) is 35.6 Å². The van der Waals surface area contributed by atoms with Crippen LogP contribution < -0.4 is 5.32 Å². The zero-order chi connectivity index (χ0) is 18.2. The van der Waals surface area contributed by atoms with Gasteiger partial charge in [-0.2, -0.15) is 0 Å². The number of nitrogens with one attached hydrogen (secondary N) is 1. The number of amides is 1.